The Labute approximate surface area is 135 Å². The van der Waals surface area contributed by atoms with E-state index in [-0.39, 0.29) is 5.82 Å². The van der Waals surface area contributed by atoms with E-state index < -0.39 is 0 Å². The first-order valence-electron chi connectivity index (χ1n) is 6.29. The van der Waals surface area contributed by atoms with Crippen LogP contribution >= 0.6 is 34.7 Å². The Morgan fingerprint density at radius 2 is 1.76 bits per heavy atom. The maximum Gasteiger partial charge on any atom is 0.123 e. The molecule has 3 rings (SSSR count). The van der Waals surface area contributed by atoms with E-state index in [0.29, 0.717) is 0 Å². The van der Waals surface area contributed by atoms with Crippen molar-refractivity contribution in [2.75, 3.05) is 0 Å². The van der Waals surface area contributed by atoms with E-state index in [2.05, 4.69) is 10.4 Å². The van der Waals surface area contributed by atoms with Gasteiger partial charge in [-0.3, -0.25) is 0 Å². The minimum atomic E-state index is -0.210. The fraction of sp³-hybridized carbons (Fsp3) is 0.0625. The van der Waals surface area contributed by atoms with Crippen LogP contribution in [0.25, 0.3) is 10.6 Å². The van der Waals surface area contributed by atoms with Crippen LogP contribution < -0.4 is 0 Å². The number of halogens is 2. The Morgan fingerprint density at radius 1 is 1.05 bits per heavy atom. The van der Waals surface area contributed by atoms with Crippen LogP contribution in [0.1, 0.15) is 5.69 Å². The molecule has 0 N–H and O–H groups in total. The number of nitrogens with zero attached hydrogens (tertiary/aromatic N) is 1. The summed E-state index contributed by atoms with van der Waals surface area (Å²) in [6.07, 6.45) is 0. The van der Waals surface area contributed by atoms with E-state index >= 15 is 0 Å². The summed E-state index contributed by atoms with van der Waals surface area (Å²) in [5.41, 5.74) is 2.10. The van der Waals surface area contributed by atoms with Gasteiger partial charge in [-0.15, -0.1) is 23.1 Å². The highest BCUT2D eigenvalue weighted by atomic mass is 35.5. The molecule has 2 aromatic carbocycles. The average Bonchev–Trinajstić information content (AvgIpc) is 2.96. The van der Waals surface area contributed by atoms with Crippen LogP contribution in [0, 0.1) is 5.82 Å². The van der Waals surface area contributed by atoms with Crippen molar-refractivity contribution in [2.24, 2.45) is 0 Å². The van der Waals surface area contributed by atoms with Crippen molar-refractivity contribution in [2.45, 2.75) is 10.6 Å². The second-order valence-electron chi connectivity index (χ2n) is 4.39. The van der Waals surface area contributed by atoms with Gasteiger partial charge >= 0.3 is 0 Å². The first kappa shape index (κ1) is 14.6. The minimum Gasteiger partial charge on any atom is -0.240 e. The molecule has 0 bridgehead atoms. The minimum absolute atomic E-state index is 0.210. The van der Waals surface area contributed by atoms with Crippen LogP contribution in [0.2, 0.25) is 5.02 Å². The highest BCUT2D eigenvalue weighted by Gasteiger charge is 2.05. The molecule has 0 spiro atoms. The molecule has 0 aliphatic heterocycles. The van der Waals surface area contributed by atoms with Crippen molar-refractivity contribution in [1.82, 2.24) is 4.98 Å². The fourth-order valence-electron chi connectivity index (χ4n) is 1.79. The molecule has 1 aromatic heterocycles. The first-order valence-corrected chi connectivity index (χ1v) is 8.54. The van der Waals surface area contributed by atoms with Gasteiger partial charge in [-0.25, -0.2) is 9.37 Å². The fourth-order valence-corrected chi connectivity index (χ4v) is 3.63. The lowest BCUT2D eigenvalue weighted by Crippen LogP contribution is -1.82. The second kappa shape index (κ2) is 6.60. The molecular weight excluding hydrogens is 325 g/mol. The van der Waals surface area contributed by atoms with Crippen LogP contribution in [-0.4, -0.2) is 4.98 Å². The number of rotatable bonds is 4. The smallest absolute Gasteiger partial charge is 0.123 e. The molecule has 0 amide bonds. The summed E-state index contributed by atoms with van der Waals surface area (Å²) in [6.45, 7) is 0. The van der Waals surface area contributed by atoms with Crippen molar-refractivity contribution in [3.8, 4) is 10.6 Å². The zero-order chi connectivity index (χ0) is 14.7. The summed E-state index contributed by atoms with van der Waals surface area (Å²) in [6, 6.07) is 14.2. The molecule has 0 unspecified atom stereocenters. The number of hydrogen-bond donors (Lipinski definition) is 0. The quantitative estimate of drug-likeness (QED) is 0.551. The third kappa shape index (κ3) is 3.84. The van der Waals surface area contributed by atoms with Gasteiger partial charge in [0.1, 0.15) is 10.8 Å². The molecule has 0 aliphatic rings. The average molecular weight is 336 g/mol. The predicted molar refractivity (Wildman–Crippen MR) is 88.5 cm³/mol. The van der Waals surface area contributed by atoms with Gasteiger partial charge in [0, 0.05) is 26.6 Å². The lowest BCUT2D eigenvalue weighted by Gasteiger charge is -1.99. The molecule has 106 valence electrons. The van der Waals surface area contributed by atoms with Crippen molar-refractivity contribution < 1.29 is 4.39 Å². The summed E-state index contributed by atoms with van der Waals surface area (Å²) in [4.78, 5) is 5.66. The maximum atomic E-state index is 12.8. The standard InChI is InChI=1S/C16H11ClFNS2/c17-12-3-1-11(2-4-12)16-19-14(10-21-16)9-20-15-7-5-13(18)6-8-15/h1-8,10H,9H2. The summed E-state index contributed by atoms with van der Waals surface area (Å²) in [5.74, 6) is 0.563. The molecule has 0 atom stereocenters. The van der Waals surface area contributed by atoms with Gasteiger partial charge in [-0.05, 0) is 36.4 Å². The molecule has 1 heterocycles. The number of benzene rings is 2. The number of hydrogen-bond acceptors (Lipinski definition) is 3. The van der Waals surface area contributed by atoms with Gasteiger partial charge < -0.3 is 0 Å². The highest BCUT2D eigenvalue weighted by molar-refractivity contribution is 7.98. The molecule has 0 saturated carbocycles. The summed E-state index contributed by atoms with van der Waals surface area (Å²) in [7, 11) is 0. The van der Waals surface area contributed by atoms with Gasteiger partial charge in [0.05, 0.1) is 5.69 Å². The van der Waals surface area contributed by atoms with Crippen LogP contribution in [0.4, 0.5) is 4.39 Å². The lowest BCUT2D eigenvalue weighted by molar-refractivity contribution is 0.626. The SMILES string of the molecule is Fc1ccc(SCc2csc(-c3ccc(Cl)cc3)n2)cc1. The van der Waals surface area contributed by atoms with E-state index in [4.69, 9.17) is 11.6 Å². The van der Waals surface area contributed by atoms with Crippen molar-refractivity contribution in [3.05, 3.63) is 70.4 Å². The zero-order valence-electron chi connectivity index (χ0n) is 10.9. The van der Waals surface area contributed by atoms with Gasteiger partial charge in [0.25, 0.3) is 0 Å². The second-order valence-corrected chi connectivity index (χ2v) is 6.74. The topological polar surface area (TPSA) is 12.9 Å². The molecular formula is C16H11ClFNS2. The largest absolute Gasteiger partial charge is 0.240 e. The van der Waals surface area contributed by atoms with Crippen LogP contribution in [-0.2, 0) is 5.75 Å². The van der Waals surface area contributed by atoms with E-state index in [1.54, 1.807) is 35.2 Å². The molecule has 5 heteroatoms. The Balaban J connectivity index is 1.67. The molecule has 21 heavy (non-hydrogen) atoms. The van der Waals surface area contributed by atoms with Crippen LogP contribution in [0.5, 0.6) is 0 Å². The van der Waals surface area contributed by atoms with Crippen molar-refractivity contribution in [1.29, 1.82) is 0 Å². The van der Waals surface area contributed by atoms with Gasteiger partial charge in [-0.2, -0.15) is 0 Å². The van der Waals surface area contributed by atoms with E-state index in [9.17, 15) is 4.39 Å². The summed E-state index contributed by atoms with van der Waals surface area (Å²) >= 11 is 9.15. The predicted octanol–water partition coefficient (Wildman–Crippen LogP) is 5.89. The number of aromatic nitrogens is 1. The van der Waals surface area contributed by atoms with Gasteiger partial charge in [0.15, 0.2) is 0 Å². The lowest BCUT2D eigenvalue weighted by atomic mass is 10.2. The monoisotopic (exact) mass is 335 g/mol. The summed E-state index contributed by atoms with van der Waals surface area (Å²) < 4.78 is 12.8. The summed E-state index contributed by atoms with van der Waals surface area (Å²) in [5, 5.41) is 3.77. The van der Waals surface area contributed by atoms with E-state index in [0.717, 1.165) is 31.9 Å². The Kier molecular flexibility index (Phi) is 4.58. The first-order chi connectivity index (χ1) is 10.2. The van der Waals surface area contributed by atoms with Gasteiger partial charge in [0.2, 0.25) is 0 Å². The molecule has 1 nitrogen and oxygen atoms in total. The number of thioether (sulfide) groups is 1. The Morgan fingerprint density at radius 3 is 2.48 bits per heavy atom. The van der Waals surface area contributed by atoms with Crippen LogP contribution in [0.15, 0.2) is 58.8 Å². The Hall–Kier alpha value is -1.36. The number of thiazole rings is 1. The third-order valence-electron chi connectivity index (χ3n) is 2.84. The highest BCUT2D eigenvalue weighted by Crippen LogP contribution is 2.28. The molecule has 0 saturated heterocycles. The van der Waals surface area contributed by atoms with Crippen molar-refractivity contribution in [3.63, 3.8) is 0 Å². The van der Waals surface area contributed by atoms with E-state index in [1.807, 2.05) is 24.3 Å². The third-order valence-corrected chi connectivity index (χ3v) is 5.08. The Bertz CT molecular complexity index is 723. The van der Waals surface area contributed by atoms with E-state index in [1.165, 1.54) is 12.1 Å². The molecule has 0 fully saturated rings. The molecule has 0 radical (unpaired) electrons. The van der Waals surface area contributed by atoms with Gasteiger partial charge in [-0.1, -0.05) is 23.7 Å². The molecule has 3 aromatic rings. The van der Waals surface area contributed by atoms with Crippen LogP contribution in [0.3, 0.4) is 0 Å². The maximum absolute atomic E-state index is 12.8. The normalized spacial score (nSPS) is 10.8. The van der Waals surface area contributed by atoms with Crippen molar-refractivity contribution >= 4 is 34.7 Å². The molecule has 0 aliphatic carbocycles. The zero-order valence-corrected chi connectivity index (χ0v) is 13.3.